The first-order valence-electron chi connectivity index (χ1n) is 12.2. The van der Waals surface area contributed by atoms with Gasteiger partial charge in [0.1, 0.15) is 10.7 Å². The van der Waals surface area contributed by atoms with Gasteiger partial charge in [0.2, 0.25) is 5.95 Å². The van der Waals surface area contributed by atoms with Gasteiger partial charge in [-0.3, -0.25) is 4.21 Å². The minimum Gasteiger partial charge on any atom is -0.394 e. The monoisotopic (exact) mass is 486 g/mol. The highest BCUT2D eigenvalue weighted by Crippen LogP contribution is 2.52. The SMILES string of the molecule is O=[S@@]1CCCCc2nc(N3CC4CC(C3)C4c3ccc(Cl)cc3)nc(NC3(CO)CCC3)c21. The van der Waals surface area contributed by atoms with Crippen molar-refractivity contribution in [3.05, 3.63) is 40.5 Å². The van der Waals surface area contributed by atoms with E-state index >= 15 is 0 Å². The highest BCUT2D eigenvalue weighted by atomic mass is 35.5. The molecule has 2 aliphatic carbocycles. The van der Waals surface area contributed by atoms with Gasteiger partial charge >= 0.3 is 0 Å². The highest BCUT2D eigenvalue weighted by molar-refractivity contribution is 7.85. The smallest absolute Gasteiger partial charge is 0.227 e. The van der Waals surface area contributed by atoms with Crippen LogP contribution in [0.2, 0.25) is 5.02 Å². The van der Waals surface area contributed by atoms with Crippen LogP contribution in [0.5, 0.6) is 0 Å². The summed E-state index contributed by atoms with van der Waals surface area (Å²) in [4.78, 5) is 13.0. The Balaban J connectivity index is 1.30. The molecule has 0 radical (unpaired) electrons. The summed E-state index contributed by atoms with van der Waals surface area (Å²) in [6, 6.07) is 8.33. The van der Waals surface area contributed by atoms with Gasteiger partial charge in [0.25, 0.3) is 0 Å². The Labute approximate surface area is 202 Å². The number of anilines is 2. The van der Waals surface area contributed by atoms with Gasteiger partial charge in [0, 0.05) is 23.9 Å². The van der Waals surface area contributed by atoms with Crippen LogP contribution in [-0.2, 0) is 17.2 Å². The standard InChI is InChI=1S/C25H31ClN4O2S/c26-19-7-5-16(6-8-19)21-17-12-18(21)14-30(13-17)24-27-20-4-1-2-11-33(32)22(20)23(28-24)29-25(15-31)9-3-10-25/h5-8,17-18,21,31H,1-4,9-15H2,(H,27,28,29)/t17?,18?,21?,33-/m1/s1. The molecule has 6 nitrogen and oxygen atoms in total. The van der Waals surface area contributed by atoms with Gasteiger partial charge in [-0.15, -0.1) is 0 Å². The summed E-state index contributed by atoms with van der Waals surface area (Å²) in [5.41, 5.74) is 1.98. The molecule has 2 saturated carbocycles. The van der Waals surface area contributed by atoms with Crippen LogP contribution in [0.3, 0.4) is 0 Å². The minimum absolute atomic E-state index is 0.0738. The van der Waals surface area contributed by atoms with E-state index in [-0.39, 0.29) is 12.1 Å². The zero-order valence-electron chi connectivity index (χ0n) is 18.8. The second-order valence-electron chi connectivity index (χ2n) is 10.3. The van der Waals surface area contributed by atoms with E-state index in [1.807, 2.05) is 12.1 Å². The number of rotatable bonds is 5. The molecule has 0 spiro atoms. The number of hydrogen-bond acceptors (Lipinski definition) is 6. The quantitative estimate of drug-likeness (QED) is 0.661. The van der Waals surface area contributed by atoms with Gasteiger partial charge in [-0.2, -0.15) is 4.98 Å². The Bertz CT molecular complexity index is 1060. The lowest BCUT2D eigenvalue weighted by molar-refractivity contribution is 0.110. The number of halogens is 1. The lowest BCUT2D eigenvalue weighted by atomic mass is 9.59. The van der Waals surface area contributed by atoms with Gasteiger partial charge in [-0.05, 0) is 80.4 Å². The first-order valence-corrected chi connectivity index (χ1v) is 13.9. The molecule has 2 saturated heterocycles. The number of nitrogens with zero attached hydrogens (tertiary/aromatic N) is 3. The van der Waals surface area contributed by atoms with Crippen LogP contribution < -0.4 is 10.2 Å². The van der Waals surface area contributed by atoms with Crippen LogP contribution in [0.15, 0.2) is 29.2 Å². The third-order valence-corrected chi connectivity index (χ3v) is 10.0. The second kappa shape index (κ2) is 8.51. The molecule has 5 aliphatic rings. The fourth-order valence-corrected chi connectivity index (χ4v) is 7.72. The molecule has 176 valence electrons. The number of aryl methyl sites for hydroxylation is 1. The van der Waals surface area contributed by atoms with Gasteiger partial charge in [-0.1, -0.05) is 23.7 Å². The van der Waals surface area contributed by atoms with Crippen LogP contribution in [0.4, 0.5) is 11.8 Å². The lowest BCUT2D eigenvalue weighted by Gasteiger charge is -2.54. The summed E-state index contributed by atoms with van der Waals surface area (Å²) in [6.07, 6.45) is 6.96. The number of hydrogen-bond donors (Lipinski definition) is 2. The molecule has 4 heterocycles. The maximum absolute atomic E-state index is 13.1. The molecule has 1 aromatic carbocycles. The molecule has 3 atom stereocenters. The van der Waals surface area contributed by atoms with Crippen LogP contribution in [0.1, 0.15) is 55.7 Å². The van der Waals surface area contributed by atoms with Crippen molar-refractivity contribution in [1.82, 2.24) is 9.97 Å². The molecule has 7 rings (SSSR count). The van der Waals surface area contributed by atoms with Crippen molar-refractivity contribution in [2.24, 2.45) is 11.8 Å². The van der Waals surface area contributed by atoms with E-state index in [1.54, 1.807) is 0 Å². The third-order valence-electron chi connectivity index (χ3n) is 8.21. The summed E-state index contributed by atoms with van der Waals surface area (Å²) >= 11 is 6.10. The number of nitrogens with one attached hydrogen (secondary N) is 1. The van der Waals surface area contributed by atoms with Crippen molar-refractivity contribution in [2.45, 2.75) is 61.3 Å². The van der Waals surface area contributed by atoms with Crippen molar-refractivity contribution < 1.29 is 9.32 Å². The summed E-state index contributed by atoms with van der Waals surface area (Å²) in [5.74, 6) is 3.87. The molecule has 2 aromatic rings. The van der Waals surface area contributed by atoms with E-state index in [9.17, 15) is 9.32 Å². The Morgan fingerprint density at radius 2 is 1.88 bits per heavy atom. The first kappa shape index (κ1) is 21.8. The minimum atomic E-state index is -1.10. The zero-order chi connectivity index (χ0) is 22.6. The molecule has 2 N–H and O–H groups in total. The first-order chi connectivity index (χ1) is 16.0. The molecule has 2 bridgehead atoms. The lowest BCUT2D eigenvalue weighted by Crippen LogP contribution is -2.54. The van der Waals surface area contributed by atoms with Crippen LogP contribution in [-0.4, -0.2) is 50.3 Å². The number of aliphatic hydroxyl groups excluding tert-OH is 1. The van der Waals surface area contributed by atoms with Crippen molar-refractivity contribution in [3.63, 3.8) is 0 Å². The van der Waals surface area contributed by atoms with E-state index in [1.165, 1.54) is 12.0 Å². The topological polar surface area (TPSA) is 78.4 Å². The molecule has 8 heteroatoms. The fraction of sp³-hybridized carbons (Fsp3) is 0.600. The maximum atomic E-state index is 13.1. The van der Waals surface area contributed by atoms with Crippen molar-refractivity contribution >= 4 is 34.2 Å². The zero-order valence-corrected chi connectivity index (χ0v) is 20.4. The molecule has 0 amide bonds. The number of aromatic nitrogens is 2. The Kier molecular flexibility index (Phi) is 5.62. The highest BCUT2D eigenvalue weighted by Gasteiger charge is 2.48. The Morgan fingerprint density at radius 1 is 1.12 bits per heavy atom. The number of fused-ring (bicyclic) bond motifs is 3. The van der Waals surface area contributed by atoms with E-state index in [2.05, 4.69) is 22.3 Å². The van der Waals surface area contributed by atoms with Gasteiger partial charge in [-0.25, -0.2) is 4.98 Å². The van der Waals surface area contributed by atoms with Crippen molar-refractivity contribution in [3.8, 4) is 0 Å². The summed E-state index contributed by atoms with van der Waals surface area (Å²) < 4.78 is 13.1. The number of piperidine rings is 2. The molecule has 1 aromatic heterocycles. The van der Waals surface area contributed by atoms with Gasteiger partial charge in [0.05, 0.1) is 28.6 Å². The number of aliphatic hydroxyl groups is 1. The second-order valence-corrected chi connectivity index (χ2v) is 12.3. The molecule has 33 heavy (non-hydrogen) atoms. The molecular formula is C25H31ClN4O2S. The molecule has 3 aliphatic heterocycles. The fourth-order valence-electron chi connectivity index (χ4n) is 6.20. The summed E-state index contributed by atoms with van der Waals surface area (Å²) in [7, 11) is -1.10. The van der Waals surface area contributed by atoms with E-state index < -0.39 is 10.8 Å². The van der Waals surface area contributed by atoms with E-state index in [0.717, 1.165) is 73.2 Å². The molecular weight excluding hydrogens is 456 g/mol. The number of benzene rings is 1. The Hall–Kier alpha value is -1.70. The molecule has 4 fully saturated rings. The van der Waals surface area contributed by atoms with Crippen molar-refractivity contribution in [2.75, 3.05) is 35.7 Å². The predicted octanol–water partition coefficient (Wildman–Crippen LogP) is 4.14. The van der Waals surface area contributed by atoms with Crippen LogP contribution in [0.25, 0.3) is 0 Å². The van der Waals surface area contributed by atoms with E-state index in [4.69, 9.17) is 21.6 Å². The molecule has 2 unspecified atom stereocenters. The largest absolute Gasteiger partial charge is 0.394 e. The van der Waals surface area contributed by atoms with Crippen molar-refractivity contribution in [1.29, 1.82) is 0 Å². The van der Waals surface area contributed by atoms with Gasteiger partial charge < -0.3 is 15.3 Å². The summed E-state index contributed by atoms with van der Waals surface area (Å²) in [6.45, 7) is 1.96. The summed E-state index contributed by atoms with van der Waals surface area (Å²) in [5, 5.41) is 14.4. The average molecular weight is 487 g/mol. The Morgan fingerprint density at radius 3 is 2.55 bits per heavy atom. The van der Waals surface area contributed by atoms with Crippen LogP contribution in [0, 0.1) is 11.8 Å². The maximum Gasteiger partial charge on any atom is 0.227 e. The average Bonchev–Trinajstić information content (AvgIpc) is 2.99. The normalized spacial score (nSPS) is 29.9. The van der Waals surface area contributed by atoms with Gasteiger partial charge in [0.15, 0.2) is 0 Å². The van der Waals surface area contributed by atoms with E-state index in [0.29, 0.717) is 29.3 Å². The predicted molar refractivity (Wildman–Crippen MR) is 132 cm³/mol. The van der Waals surface area contributed by atoms with Crippen LogP contribution >= 0.6 is 11.6 Å². The third kappa shape index (κ3) is 3.86.